The van der Waals surface area contributed by atoms with Crippen LogP contribution in [0.1, 0.15) is 46.5 Å². The zero-order valence-electron chi connectivity index (χ0n) is 12.4. The summed E-state index contributed by atoms with van der Waals surface area (Å²) in [5.41, 5.74) is -0.549. The SMILES string of the molecule is C[C@H]1CC[C@@H]2[C@@H](C)C(O)O[C@@H]3O[C@]4(C)CC[C@H]1[C@]32OO4. The monoisotopic (exact) mass is 284 g/mol. The van der Waals surface area contributed by atoms with E-state index in [1.807, 2.05) is 13.8 Å². The van der Waals surface area contributed by atoms with Gasteiger partial charge in [-0.25, -0.2) is 9.78 Å². The number of ether oxygens (including phenoxy) is 2. The molecule has 0 amide bonds. The molecule has 0 aromatic carbocycles. The second-order valence-corrected chi connectivity index (χ2v) is 7.30. The number of fused-ring (bicyclic) bond motifs is 2. The Morgan fingerprint density at radius 2 is 1.85 bits per heavy atom. The number of hydrogen-bond donors (Lipinski definition) is 1. The molecule has 1 unspecified atom stereocenters. The van der Waals surface area contributed by atoms with E-state index in [9.17, 15) is 5.11 Å². The lowest BCUT2D eigenvalue weighted by Crippen LogP contribution is -2.70. The summed E-state index contributed by atoms with van der Waals surface area (Å²) in [6.07, 6.45) is 2.72. The minimum absolute atomic E-state index is 0.0379. The van der Waals surface area contributed by atoms with Crippen LogP contribution < -0.4 is 0 Å². The fourth-order valence-electron chi connectivity index (χ4n) is 4.89. The van der Waals surface area contributed by atoms with E-state index in [4.69, 9.17) is 19.2 Å². The van der Waals surface area contributed by atoms with Crippen molar-refractivity contribution in [2.45, 2.75) is 70.4 Å². The lowest BCUT2D eigenvalue weighted by molar-refractivity contribution is -0.576. The van der Waals surface area contributed by atoms with E-state index in [1.165, 1.54) is 6.42 Å². The van der Waals surface area contributed by atoms with Crippen LogP contribution in [0.5, 0.6) is 0 Å². The third kappa shape index (κ3) is 1.56. The van der Waals surface area contributed by atoms with Gasteiger partial charge in [-0.15, -0.1) is 0 Å². The predicted octanol–water partition coefficient (Wildman–Crippen LogP) is 2.19. The van der Waals surface area contributed by atoms with Crippen molar-refractivity contribution in [2.75, 3.05) is 0 Å². The van der Waals surface area contributed by atoms with Crippen molar-refractivity contribution in [3.8, 4) is 0 Å². The quantitative estimate of drug-likeness (QED) is 0.691. The molecule has 1 saturated carbocycles. The number of aliphatic hydroxyl groups excluding tert-OH is 1. The van der Waals surface area contributed by atoms with Crippen molar-refractivity contribution in [3.05, 3.63) is 0 Å². The molecule has 114 valence electrons. The van der Waals surface area contributed by atoms with Gasteiger partial charge in [-0.3, -0.25) is 0 Å². The van der Waals surface area contributed by atoms with Gasteiger partial charge in [0.15, 0.2) is 18.2 Å². The van der Waals surface area contributed by atoms with Gasteiger partial charge in [-0.2, -0.15) is 0 Å². The Kier molecular flexibility index (Phi) is 2.81. The molecule has 2 bridgehead atoms. The molecule has 4 saturated heterocycles. The Morgan fingerprint density at radius 3 is 2.65 bits per heavy atom. The van der Waals surface area contributed by atoms with Crippen LogP contribution in [0.15, 0.2) is 0 Å². The fourth-order valence-corrected chi connectivity index (χ4v) is 4.89. The summed E-state index contributed by atoms with van der Waals surface area (Å²) >= 11 is 0. The van der Waals surface area contributed by atoms with Crippen LogP contribution in [0.3, 0.4) is 0 Å². The van der Waals surface area contributed by atoms with Gasteiger partial charge in [0.25, 0.3) is 0 Å². The second kappa shape index (κ2) is 4.17. The first-order chi connectivity index (χ1) is 9.46. The van der Waals surface area contributed by atoms with E-state index in [2.05, 4.69) is 6.92 Å². The maximum Gasteiger partial charge on any atom is 0.201 e. The largest absolute Gasteiger partial charge is 0.368 e. The third-order valence-corrected chi connectivity index (χ3v) is 6.12. The standard InChI is InChI=1S/C15H24O5/c1-8-4-5-11-9(2)12(16)17-13-15(11)10(8)6-7-14(3,18-13)19-20-15/h8-13,16H,4-7H2,1-3H3/t8-,9+,10+,11+,12?,13+,14-,15+/m0/s1. The van der Waals surface area contributed by atoms with Gasteiger partial charge in [-0.1, -0.05) is 13.8 Å². The zero-order valence-corrected chi connectivity index (χ0v) is 12.4. The van der Waals surface area contributed by atoms with Gasteiger partial charge in [0, 0.05) is 18.3 Å². The Hall–Kier alpha value is -0.200. The smallest absolute Gasteiger partial charge is 0.201 e. The highest BCUT2D eigenvalue weighted by Gasteiger charge is 2.69. The maximum absolute atomic E-state index is 10.2. The summed E-state index contributed by atoms with van der Waals surface area (Å²) in [5.74, 6) is 0.437. The van der Waals surface area contributed by atoms with E-state index in [-0.39, 0.29) is 11.8 Å². The van der Waals surface area contributed by atoms with Crippen LogP contribution in [-0.4, -0.2) is 29.1 Å². The molecule has 5 rings (SSSR count). The first kappa shape index (κ1) is 13.5. The van der Waals surface area contributed by atoms with Gasteiger partial charge < -0.3 is 14.6 Å². The Bertz CT molecular complexity index is 411. The molecule has 5 aliphatic rings. The van der Waals surface area contributed by atoms with Crippen molar-refractivity contribution < 1.29 is 24.4 Å². The Labute approximate surface area is 119 Å². The molecular formula is C15H24O5. The first-order valence-corrected chi connectivity index (χ1v) is 7.84. The predicted molar refractivity (Wildman–Crippen MR) is 69.0 cm³/mol. The molecule has 0 radical (unpaired) electrons. The minimum Gasteiger partial charge on any atom is -0.368 e. The highest BCUT2D eigenvalue weighted by atomic mass is 17.3. The first-order valence-electron chi connectivity index (χ1n) is 7.84. The lowest BCUT2D eigenvalue weighted by Gasteiger charge is -2.59. The summed E-state index contributed by atoms with van der Waals surface area (Å²) in [6, 6.07) is 0. The Balaban J connectivity index is 1.82. The highest BCUT2D eigenvalue weighted by Crippen LogP contribution is 2.60. The maximum atomic E-state index is 10.2. The number of hydrogen-bond acceptors (Lipinski definition) is 5. The van der Waals surface area contributed by atoms with Crippen molar-refractivity contribution in [2.24, 2.45) is 23.7 Å². The van der Waals surface area contributed by atoms with Crippen LogP contribution in [0.4, 0.5) is 0 Å². The van der Waals surface area contributed by atoms with Gasteiger partial charge >= 0.3 is 0 Å². The number of rotatable bonds is 0. The molecule has 5 fully saturated rings. The highest BCUT2D eigenvalue weighted by molar-refractivity contribution is 5.08. The van der Waals surface area contributed by atoms with Crippen molar-refractivity contribution in [1.82, 2.24) is 0 Å². The van der Waals surface area contributed by atoms with Gasteiger partial charge in [-0.05, 0) is 38.0 Å². The average Bonchev–Trinajstić information content (AvgIpc) is 2.63. The van der Waals surface area contributed by atoms with Crippen LogP contribution in [0, 0.1) is 23.7 Å². The molecule has 4 heterocycles. The molecule has 5 heteroatoms. The van der Waals surface area contributed by atoms with E-state index >= 15 is 0 Å². The lowest BCUT2D eigenvalue weighted by atomic mass is 9.58. The zero-order chi connectivity index (χ0) is 14.1. The summed E-state index contributed by atoms with van der Waals surface area (Å²) < 4.78 is 11.9. The molecular weight excluding hydrogens is 260 g/mol. The van der Waals surface area contributed by atoms with E-state index in [0.717, 1.165) is 19.3 Å². The van der Waals surface area contributed by atoms with Crippen LogP contribution in [-0.2, 0) is 19.2 Å². The van der Waals surface area contributed by atoms with E-state index in [1.54, 1.807) is 0 Å². The van der Waals surface area contributed by atoms with Gasteiger partial charge in [0.1, 0.15) is 0 Å². The van der Waals surface area contributed by atoms with E-state index < -0.39 is 24.0 Å². The molecule has 0 aromatic heterocycles. The third-order valence-electron chi connectivity index (χ3n) is 6.12. The molecule has 20 heavy (non-hydrogen) atoms. The fraction of sp³-hybridized carbons (Fsp3) is 1.00. The molecule has 1 aliphatic carbocycles. The summed E-state index contributed by atoms with van der Waals surface area (Å²) in [4.78, 5) is 11.6. The molecule has 1 N–H and O–H groups in total. The minimum atomic E-state index is -0.781. The molecule has 1 spiro atoms. The normalized spacial score (nSPS) is 61.8. The van der Waals surface area contributed by atoms with Crippen LogP contribution in [0.2, 0.25) is 0 Å². The van der Waals surface area contributed by atoms with Crippen molar-refractivity contribution in [1.29, 1.82) is 0 Å². The topological polar surface area (TPSA) is 57.2 Å². The van der Waals surface area contributed by atoms with Crippen LogP contribution >= 0.6 is 0 Å². The molecule has 8 atom stereocenters. The number of aliphatic hydroxyl groups is 1. The molecule has 0 aromatic rings. The average molecular weight is 284 g/mol. The summed E-state index contributed by atoms with van der Waals surface area (Å²) in [5, 5.41) is 10.2. The summed E-state index contributed by atoms with van der Waals surface area (Å²) in [7, 11) is 0. The molecule has 5 nitrogen and oxygen atoms in total. The molecule has 4 aliphatic heterocycles. The summed E-state index contributed by atoms with van der Waals surface area (Å²) in [6.45, 7) is 6.22. The van der Waals surface area contributed by atoms with Gasteiger partial charge in [0.05, 0.1) is 0 Å². The van der Waals surface area contributed by atoms with Gasteiger partial charge in [0.2, 0.25) is 5.79 Å². The van der Waals surface area contributed by atoms with E-state index in [0.29, 0.717) is 11.8 Å². The second-order valence-electron chi connectivity index (χ2n) is 7.30. The van der Waals surface area contributed by atoms with Crippen molar-refractivity contribution >= 4 is 0 Å². The van der Waals surface area contributed by atoms with Crippen molar-refractivity contribution in [3.63, 3.8) is 0 Å². The van der Waals surface area contributed by atoms with Crippen LogP contribution in [0.25, 0.3) is 0 Å². The Morgan fingerprint density at radius 1 is 1.05 bits per heavy atom.